The first-order valence-electron chi connectivity index (χ1n) is 11.6. The predicted molar refractivity (Wildman–Crippen MR) is 137 cm³/mol. The number of rotatable bonds is 7. The molecule has 2 aliphatic heterocycles. The molecule has 13 heteroatoms. The third-order valence-electron chi connectivity index (χ3n) is 6.16. The normalized spacial score (nSPS) is 18.4. The van der Waals surface area contributed by atoms with Crippen LogP contribution in [-0.2, 0) is 19.5 Å². The van der Waals surface area contributed by atoms with Crippen LogP contribution in [0.5, 0.6) is 5.88 Å². The van der Waals surface area contributed by atoms with Gasteiger partial charge < -0.3 is 14.5 Å². The fraction of sp³-hybridized carbons (Fsp3) is 0.375. The highest BCUT2D eigenvalue weighted by Crippen LogP contribution is 2.35. The number of halogens is 1. The average Bonchev–Trinajstić information content (AvgIpc) is 3.58. The van der Waals surface area contributed by atoms with Crippen LogP contribution in [0.2, 0.25) is 5.02 Å². The van der Waals surface area contributed by atoms with E-state index in [4.69, 9.17) is 26.2 Å². The number of carbonyl (C=O) groups is 1. The van der Waals surface area contributed by atoms with Crippen molar-refractivity contribution >= 4 is 44.4 Å². The molecule has 0 spiro atoms. The quantitative estimate of drug-likeness (QED) is 0.430. The summed E-state index contributed by atoms with van der Waals surface area (Å²) in [7, 11) is -3.62. The first-order chi connectivity index (χ1) is 17.8. The number of nitrogens with zero attached hydrogens (tertiary/aromatic N) is 5. The number of benzene rings is 1. The van der Waals surface area contributed by atoms with E-state index in [0.717, 1.165) is 41.1 Å². The summed E-state index contributed by atoms with van der Waals surface area (Å²) in [5.74, 6) is -0.170. The second kappa shape index (κ2) is 10.7. The second-order valence-electron chi connectivity index (χ2n) is 8.72. The minimum absolute atomic E-state index is 0.169. The molecular formula is C24H23ClN5O5S2. The van der Waals surface area contributed by atoms with Crippen molar-refractivity contribution in [1.29, 1.82) is 0 Å². The van der Waals surface area contributed by atoms with Crippen LogP contribution in [0.25, 0.3) is 0 Å². The molecule has 0 aliphatic carbocycles. The lowest BCUT2D eigenvalue weighted by atomic mass is 9.97. The molecule has 0 saturated carbocycles. The van der Waals surface area contributed by atoms with Crippen molar-refractivity contribution in [2.24, 2.45) is 5.16 Å². The highest BCUT2D eigenvalue weighted by molar-refractivity contribution is 7.90. The molecule has 2 aromatic heterocycles. The van der Waals surface area contributed by atoms with Gasteiger partial charge in [-0.1, -0.05) is 28.9 Å². The number of hydrogen-bond acceptors (Lipinski definition) is 10. The summed E-state index contributed by atoms with van der Waals surface area (Å²) in [5.41, 5.74) is 2.36. The van der Waals surface area contributed by atoms with Gasteiger partial charge in [0.1, 0.15) is 5.71 Å². The Kier molecular flexibility index (Phi) is 7.40. The molecule has 193 valence electrons. The van der Waals surface area contributed by atoms with Crippen LogP contribution in [0, 0.1) is 6.07 Å². The van der Waals surface area contributed by atoms with Crippen LogP contribution in [0.4, 0.5) is 0 Å². The number of thiazole rings is 1. The van der Waals surface area contributed by atoms with Gasteiger partial charge in [0.15, 0.2) is 22.5 Å². The maximum atomic E-state index is 12.7. The SMILES string of the molecule is CS(=O)(=O)c1nccnc1OCC(=O)N1CCC(c2nc(C3=NOC(c4[c]cccc4Cl)C3)cs2)CC1. The lowest BCUT2D eigenvalue weighted by Gasteiger charge is -2.31. The fourth-order valence-corrected chi connectivity index (χ4v) is 6.16. The highest BCUT2D eigenvalue weighted by atomic mass is 35.5. The van der Waals surface area contributed by atoms with Crippen LogP contribution < -0.4 is 4.74 Å². The van der Waals surface area contributed by atoms with Crippen molar-refractivity contribution in [2.45, 2.75) is 36.3 Å². The largest absolute Gasteiger partial charge is 0.466 e. The Morgan fingerprint density at radius 1 is 1.30 bits per heavy atom. The van der Waals surface area contributed by atoms with Crippen LogP contribution in [0.3, 0.4) is 0 Å². The number of hydrogen-bond donors (Lipinski definition) is 0. The molecule has 1 fully saturated rings. The second-order valence-corrected chi connectivity index (χ2v) is 11.9. The molecular weight excluding hydrogens is 538 g/mol. The lowest BCUT2D eigenvalue weighted by molar-refractivity contribution is -0.134. The molecule has 0 bridgehead atoms. The minimum atomic E-state index is -3.62. The third kappa shape index (κ3) is 5.76. The Morgan fingerprint density at radius 3 is 2.84 bits per heavy atom. The van der Waals surface area contributed by atoms with E-state index in [1.807, 2.05) is 17.5 Å². The number of amides is 1. The number of aromatic nitrogens is 3. The standard InChI is InChI=1S/C24H23ClN5O5S2/c1-37(32,33)24-22(26-8-9-27-24)34-13-21(31)30-10-6-15(7-11-30)23-28-19(14-36-23)18-12-20(35-29-18)16-4-2-3-5-17(16)25/h2-3,5,8-9,14-15,20H,6-7,10-13H2,1H3. The summed E-state index contributed by atoms with van der Waals surface area (Å²) in [6.45, 7) is 0.794. The van der Waals surface area contributed by atoms with Gasteiger partial charge in [-0.15, -0.1) is 11.3 Å². The van der Waals surface area contributed by atoms with Gasteiger partial charge in [-0.05, 0) is 25.0 Å². The molecule has 37 heavy (non-hydrogen) atoms. The molecule has 5 rings (SSSR count). The summed E-state index contributed by atoms with van der Waals surface area (Å²) >= 11 is 7.85. The Labute approximate surface area is 223 Å². The van der Waals surface area contributed by atoms with Crippen LogP contribution in [0.1, 0.15) is 47.5 Å². The van der Waals surface area contributed by atoms with E-state index in [1.54, 1.807) is 22.3 Å². The predicted octanol–water partition coefficient (Wildman–Crippen LogP) is 3.44. The summed E-state index contributed by atoms with van der Waals surface area (Å²) in [4.78, 5) is 32.5. The van der Waals surface area contributed by atoms with Gasteiger partial charge in [0.05, 0.1) is 10.7 Å². The van der Waals surface area contributed by atoms with Crippen molar-refractivity contribution in [3.05, 3.63) is 63.3 Å². The first-order valence-corrected chi connectivity index (χ1v) is 14.7. The van der Waals surface area contributed by atoms with Crippen molar-refractivity contribution in [3.63, 3.8) is 0 Å². The summed E-state index contributed by atoms with van der Waals surface area (Å²) in [6, 6.07) is 8.56. The van der Waals surface area contributed by atoms with E-state index in [2.05, 4.69) is 21.2 Å². The molecule has 2 aliphatic rings. The minimum Gasteiger partial charge on any atom is -0.466 e. The summed E-state index contributed by atoms with van der Waals surface area (Å²) in [5, 5.41) is 7.54. The number of ether oxygens (including phenoxy) is 1. The first kappa shape index (κ1) is 25.6. The molecule has 1 unspecified atom stereocenters. The van der Waals surface area contributed by atoms with E-state index < -0.39 is 9.84 Å². The van der Waals surface area contributed by atoms with E-state index in [1.165, 1.54) is 12.4 Å². The van der Waals surface area contributed by atoms with Crippen molar-refractivity contribution in [1.82, 2.24) is 19.9 Å². The van der Waals surface area contributed by atoms with Crippen molar-refractivity contribution in [3.8, 4) is 5.88 Å². The maximum absolute atomic E-state index is 12.7. The van der Waals surface area contributed by atoms with E-state index in [9.17, 15) is 13.2 Å². The van der Waals surface area contributed by atoms with E-state index >= 15 is 0 Å². The zero-order valence-corrected chi connectivity index (χ0v) is 22.2. The molecule has 10 nitrogen and oxygen atoms in total. The van der Waals surface area contributed by atoms with Gasteiger partial charge >= 0.3 is 0 Å². The summed E-state index contributed by atoms with van der Waals surface area (Å²) < 4.78 is 29.1. The Morgan fingerprint density at radius 2 is 2.08 bits per heavy atom. The van der Waals surface area contributed by atoms with E-state index in [0.29, 0.717) is 24.5 Å². The zero-order valence-electron chi connectivity index (χ0n) is 19.8. The lowest BCUT2D eigenvalue weighted by Crippen LogP contribution is -2.40. The summed E-state index contributed by atoms with van der Waals surface area (Å²) in [6.07, 6.45) is 5.42. The van der Waals surface area contributed by atoms with Crippen molar-refractivity contribution < 1.29 is 22.8 Å². The molecule has 1 amide bonds. The Balaban J connectivity index is 1.14. The van der Waals surface area contributed by atoms with Gasteiger partial charge in [0.2, 0.25) is 5.03 Å². The van der Waals surface area contributed by atoms with E-state index in [-0.39, 0.29) is 35.4 Å². The molecule has 1 atom stereocenters. The molecule has 4 heterocycles. The highest BCUT2D eigenvalue weighted by Gasteiger charge is 2.30. The van der Waals surface area contributed by atoms with Crippen LogP contribution in [0.15, 0.2) is 46.2 Å². The van der Waals surface area contributed by atoms with Crippen LogP contribution in [-0.4, -0.2) is 65.8 Å². The zero-order chi connectivity index (χ0) is 26.0. The molecule has 1 aromatic carbocycles. The topological polar surface area (TPSA) is 124 Å². The van der Waals surface area contributed by atoms with Gasteiger partial charge in [0, 0.05) is 60.0 Å². The Hall–Kier alpha value is -3.09. The number of piperidine rings is 1. The smallest absolute Gasteiger partial charge is 0.260 e. The van der Waals surface area contributed by atoms with Gasteiger partial charge in [0.25, 0.3) is 11.8 Å². The van der Waals surface area contributed by atoms with Crippen molar-refractivity contribution in [2.75, 3.05) is 26.0 Å². The van der Waals surface area contributed by atoms with Gasteiger partial charge in [-0.25, -0.2) is 23.4 Å². The molecule has 0 N–H and O–H groups in total. The third-order valence-corrected chi connectivity index (χ3v) is 8.48. The van der Waals surface area contributed by atoms with Crippen LogP contribution >= 0.6 is 22.9 Å². The van der Waals surface area contributed by atoms with Gasteiger partial charge in [-0.3, -0.25) is 4.79 Å². The molecule has 3 aromatic rings. The fourth-order valence-electron chi connectivity index (χ4n) is 4.23. The maximum Gasteiger partial charge on any atom is 0.260 e. The monoisotopic (exact) mass is 560 g/mol. The molecule has 1 saturated heterocycles. The van der Waals surface area contributed by atoms with Gasteiger partial charge in [-0.2, -0.15) is 0 Å². The number of carbonyl (C=O) groups excluding carboxylic acids is 1. The number of oxime groups is 1. The average molecular weight is 561 g/mol. The number of sulfone groups is 1. The number of likely N-dealkylation sites (tertiary alicyclic amines) is 1. The Bertz CT molecular complexity index is 1440. The molecule has 1 radical (unpaired) electrons.